The van der Waals surface area contributed by atoms with Crippen LogP contribution in [-0.2, 0) is 30.5 Å². The second-order valence-corrected chi connectivity index (χ2v) is 5.31. The fourth-order valence-electron chi connectivity index (χ4n) is 1.25. The summed E-state index contributed by atoms with van der Waals surface area (Å²) in [7, 11) is 0. The smallest absolute Gasteiger partial charge is 0.675 e. The molecule has 20 heavy (non-hydrogen) atoms. The minimum atomic E-state index is -0.600. The van der Waals surface area contributed by atoms with E-state index in [4.69, 9.17) is 31.2 Å². The monoisotopic (exact) mass is 473 g/mol. The Morgan fingerprint density at radius 2 is 1.10 bits per heavy atom. The van der Waals surface area contributed by atoms with E-state index >= 15 is 0 Å². The van der Waals surface area contributed by atoms with Crippen LogP contribution < -0.4 is 0 Å². The van der Waals surface area contributed by atoms with E-state index in [-0.39, 0.29) is 58.6 Å². The van der Waals surface area contributed by atoms with Crippen molar-refractivity contribution in [3.63, 3.8) is 0 Å². The molecule has 1 aliphatic heterocycles. The van der Waals surface area contributed by atoms with Crippen LogP contribution in [0.2, 0.25) is 0 Å². The van der Waals surface area contributed by atoms with Gasteiger partial charge in [0.15, 0.2) is 5.79 Å². The fourth-order valence-corrected chi connectivity index (χ4v) is 1.25. The maximum absolute atomic E-state index is 8.06. The molecule has 0 unspecified atom stereocenters. The summed E-state index contributed by atoms with van der Waals surface area (Å²) in [6, 6.07) is 0. The van der Waals surface area contributed by atoms with Crippen LogP contribution in [0.4, 0.5) is 0 Å². The van der Waals surface area contributed by atoms with Gasteiger partial charge in [-0.25, -0.2) is 0 Å². The summed E-state index contributed by atoms with van der Waals surface area (Å²) in [5.41, 5.74) is 14.2. The predicted molar refractivity (Wildman–Crippen MR) is 76.9 cm³/mol. The molecule has 1 heterocycles. The first-order valence-corrected chi connectivity index (χ1v) is 6.56. The van der Waals surface area contributed by atoms with Gasteiger partial charge in [-0.05, 0) is 41.5 Å². The Morgan fingerprint density at radius 1 is 0.900 bits per heavy atom. The first-order valence-electron chi connectivity index (χ1n) is 6.56. The van der Waals surface area contributed by atoms with Crippen molar-refractivity contribution in [2.24, 2.45) is 0 Å². The summed E-state index contributed by atoms with van der Waals surface area (Å²) < 4.78 is 10.7. The zero-order valence-corrected chi connectivity index (χ0v) is 15.5. The van der Waals surface area contributed by atoms with E-state index in [1.165, 1.54) is 0 Å². The summed E-state index contributed by atoms with van der Waals surface area (Å²) in [6.07, 6.45) is -0.773. The van der Waals surface area contributed by atoms with Crippen LogP contribution in [0.5, 0.6) is 0 Å². The van der Waals surface area contributed by atoms with Crippen molar-refractivity contribution in [3.8, 4) is 0 Å². The van der Waals surface area contributed by atoms with Crippen LogP contribution in [0.15, 0.2) is 0 Å². The largest absolute Gasteiger partial charge is 2.00 e. The van der Waals surface area contributed by atoms with Gasteiger partial charge in [-0.15, -0.1) is 13.1 Å². The van der Waals surface area contributed by atoms with E-state index in [9.17, 15) is 0 Å². The van der Waals surface area contributed by atoms with Crippen molar-refractivity contribution in [2.75, 3.05) is 13.1 Å². The third kappa shape index (κ3) is 16.5. The third-order valence-electron chi connectivity index (χ3n) is 1.69. The number of hydrogen-bond acceptors (Lipinski definition) is 4. The number of nitrogens with one attached hydrogen (secondary N) is 2. The van der Waals surface area contributed by atoms with E-state index in [0.717, 1.165) is 0 Å². The molecule has 7 heteroatoms. The van der Waals surface area contributed by atoms with Gasteiger partial charge in [0.25, 0.3) is 0 Å². The molecule has 0 aromatic carbocycles. The molecule has 0 amide bonds. The topological polar surface area (TPSA) is 107 Å². The number of aliphatic hydroxyl groups excluding tert-OH is 2. The van der Waals surface area contributed by atoms with Gasteiger partial charge >= 0.3 is 21.1 Å². The van der Waals surface area contributed by atoms with Crippen molar-refractivity contribution in [3.05, 3.63) is 11.5 Å². The second-order valence-electron chi connectivity index (χ2n) is 5.31. The predicted octanol–water partition coefficient (Wildman–Crippen LogP) is 2.38. The molecule has 1 rings (SSSR count). The van der Waals surface area contributed by atoms with Crippen LogP contribution in [0.1, 0.15) is 41.5 Å². The van der Waals surface area contributed by atoms with Crippen LogP contribution in [0, 0.1) is 0 Å². The second kappa shape index (κ2) is 13.1. The van der Waals surface area contributed by atoms with Crippen LogP contribution in [0.3, 0.4) is 0 Å². The van der Waals surface area contributed by atoms with Gasteiger partial charge in [0, 0.05) is 12.2 Å². The average molecular weight is 473 g/mol. The molecule has 1 aliphatic rings. The molecular weight excluding hydrogens is 443 g/mol. The summed E-state index contributed by atoms with van der Waals surface area (Å²) >= 11 is 0. The standard InChI is InChI=1S/C7H14N2O2.2C3H8O.Pt/c1-7(2)10-5(3-8)6(4-9)11-7;2*1-3(2)4;/h5-6,8-9H,3-4H2,1-2H3;2*3-4H,1-2H3;/q-2;;;+2/t5-,6-;;;/m1.../s1. The van der Waals surface area contributed by atoms with Gasteiger partial charge in [0.05, 0.1) is 12.2 Å². The zero-order valence-electron chi connectivity index (χ0n) is 13.3. The Kier molecular flexibility index (Phi) is 16.7. The summed E-state index contributed by atoms with van der Waals surface area (Å²) in [4.78, 5) is 0. The van der Waals surface area contributed by atoms with E-state index < -0.39 is 5.79 Å². The normalized spacial score (nSPS) is 23.4. The zero-order chi connectivity index (χ0) is 15.6. The molecule has 1 saturated heterocycles. The quantitative estimate of drug-likeness (QED) is 0.642. The van der Waals surface area contributed by atoms with E-state index in [0.29, 0.717) is 0 Å². The first-order chi connectivity index (χ1) is 8.55. The van der Waals surface area contributed by atoms with Crippen LogP contribution >= 0.6 is 0 Å². The molecule has 6 nitrogen and oxygen atoms in total. The fraction of sp³-hybridized carbons (Fsp3) is 1.00. The first kappa shape index (κ1) is 25.4. The Morgan fingerprint density at radius 3 is 1.25 bits per heavy atom. The molecule has 0 aromatic heterocycles. The van der Waals surface area contributed by atoms with Crippen molar-refractivity contribution < 1.29 is 40.8 Å². The van der Waals surface area contributed by atoms with E-state index in [1.807, 2.05) is 13.8 Å². The van der Waals surface area contributed by atoms with Crippen LogP contribution in [0.25, 0.3) is 11.5 Å². The Labute approximate surface area is 137 Å². The maximum Gasteiger partial charge on any atom is 2.00 e. The molecule has 1 fully saturated rings. The van der Waals surface area contributed by atoms with Crippen LogP contribution in [-0.4, -0.2) is 53.5 Å². The van der Waals surface area contributed by atoms with Gasteiger partial charge < -0.3 is 31.2 Å². The minimum absolute atomic E-state index is 0. The maximum atomic E-state index is 8.06. The van der Waals surface area contributed by atoms with Crippen molar-refractivity contribution in [2.45, 2.75) is 71.7 Å². The van der Waals surface area contributed by atoms with Crippen molar-refractivity contribution >= 4 is 0 Å². The summed E-state index contributed by atoms with van der Waals surface area (Å²) in [5, 5.41) is 16.1. The third-order valence-corrected chi connectivity index (χ3v) is 1.69. The Balaban J connectivity index is -0.000000272. The van der Waals surface area contributed by atoms with Gasteiger partial charge in [-0.3, -0.25) is 0 Å². The van der Waals surface area contributed by atoms with Gasteiger partial charge in [-0.2, -0.15) is 0 Å². The molecule has 4 N–H and O–H groups in total. The molecule has 0 aliphatic carbocycles. The number of hydrogen-bond donors (Lipinski definition) is 2. The molecular formula is C13H30N2O4Pt. The minimum Gasteiger partial charge on any atom is -0.675 e. The number of ether oxygens (including phenoxy) is 2. The van der Waals surface area contributed by atoms with E-state index in [2.05, 4.69) is 0 Å². The summed E-state index contributed by atoms with van der Waals surface area (Å²) in [6.45, 7) is 10.9. The Hall–Kier alpha value is 0.448. The van der Waals surface area contributed by atoms with Crippen molar-refractivity contribution in [1.82, 2.24) is 0 Å². The number of aliphatic hydroxyl groups is 2. The van der Waals surface area contributed by atoms with Gasteiger partial charge in [0.1, 0.15) is 0 Å². The molecule has 0 saturated carbocycles. The molecule has 0 aromatic rings. The van der Waals surface area contributed by atoms with Gasteiger partial charge in [-0.1, -0.05) is 0 Å². The molecule has 2 atom stereocenters. The molecule has 0 spiro atoms. The molecule has 0 radical (unpaired) electrons. The number of rotatable bonds is 2. The summed E-state index contributed by atoms with van der Waals surface area (Å²) in [5.74, 6) is -0.600. The van der Waals surface area contributed by atoms with Crippen molar-refractivity contribution in [1.29, 1.82) is 0 Å². The average Bonchev–Trinajstić information content (AvgIpc) is 2.51. The molecule has 126 valence electrons. The van der Waals surface area contributed by atoms with Gasteiger partial charge in [0.2, 0.25) is 0 Å². The Bertz CT molecular complexity index is 191. The molecule has 0 bridgehead atoms. The SMILES string of the molecule is CC(C)O.CC(C)O.CC1(C)O[C@H](C[NH-])[C@@H](C[NH-])O1.[Pt+2]. The van der Waals surface area contributed by atoms with E-state index in [1.54, 1.807) is 27.7 Å².